The van der Waals surface area contributed by atoms with Gasteiger partial charge in [-0.2, -0.15) is 18.4 Å². The molecular weight excluding hydrogens is 565 g/mol. The second-order valence-corrected chi connectivity index (χ2v) is 11.4. The first-order valence-electron chi connectivity index (χ1n) is 12.0. The van der Waals surface area contributed by atoms with E-state index >= 15 is 0 Å². The third-order valence-corrected chi connectivity index (χ3v) is 8.00. The number of rotatable bonds is 8. The molecule has 0 bridgehead atoms. The van der Waals surface area contributed by atoms with Crippen molar-refractivity contribution in [3.63, 3.8) is 0 Å². The van der Waals surface area contributed by atoms with E-state index in [1.54, 1.807) is 0 Å². The molecule has 0 radical (unpaired) electrons. The fourth-order valence-electron chi connectivity index (χ4n) is 4.55. The van der Waals surface area contributed by atoms with Gasteiger partial charge in [0.05, 0.1) is 42.2 Å². The van der Waals surface area contributed by atoms with Crippen molar-refractivity contribution in [2.45, 2.75) is 31.9 Å². The Kier molecular flexibility index (Phi) is 9.14. The standard InChI is InChI=1S/C26H29F3N6O5S/c1-15-21(23(36)40-3)22(20-9-8-16(14-30)12-17(20)10-11-33(2)41(4,38)39)35(25(32)37)24(31)34(15)19-7-5-6-18(13-19)26(27,28)29/h5-9,12-13,22,25,31,37H,10-11,32H2,1-4H3/t22-,25?/m1/s1. The van der Waals surface area contributed by atoms with Crippen LogP contribution in [0.3, 0.4) is 0 Å². The van der Waals surface area contributed by atoms with E-state index in [0.717, 1.165) is 45.7 Å². The van der Waals surface area contributed by atoms with E-state index in [4.69, 9.17) is 15.9 Å². The van der Waals surface area contributed by atoms with E-state index in [2.05, 4.69) is 0 Å². The molecule has 0 aromatic heterocycles. The van der Waals surface area contributed by atoms with Crippen LogP contribution in [0.1, 0.15) is 35.2 Å². The molecule has 1 unspecified atom stereocenters. The molecular formula is C26H29F3N6O5S. The van der Waals surface area contributed by atoms with Crippen molar-refractivity contribution >= 4 is 27.6 Å². The van der Waals surface area contributed by atoms with Crippen molar-refractivity contribution in [3.8, 4) is 6.07 Å². The summed E-state index contributed by atoms with van der Waals surface area (Å²) in [6.45, 7) is 1.40. The van der Waals surface area contributed by atoms with Crippen molar-refractivity contribution in [2.24, 2.45) is 5.73 Å². The number of anilines is 1. The van der Waals surface area contributed by atoms with E-state index in [1.807, 2.05) is 6.07 Å². The van der Waals surface area contributed by atoms with Gasteiger partial charge in [-0.05, 0) is 54.8 Å². The number of methoxy groups -OCH3 is 1. The lowest BCUT2D eigenvalue weighted by Gasteiger charge is -2.46. The number of esters is 1. The molecule has 1 heterocycles. The zero-order valence-corrected chi connectivity index (χ0v) is 23.4. The van der Waals surface area contributed by atoms with Crippen LogP contribution in [0.2, 0.25) is 0 Å². The lowest BCUT2D eigenvalue weighted by Crippen LogP contribution is -2.58. The van der Waals surface area contributed by atoms with E-state index in [-0.39, 0.29) is 35.5 Å². The van der Waals surface area contributed by atoms with Gasteiger partial charge in [0.25, 0.3) is 0 Å². The van der Waals surface area contributed by atoms with Crippen LogP contribution in [-0.4, -0.2) is 68.0 Å². The Labute approximate surface area is 235 Å². The number of halogens is 3. The molecule has 15 heteroatoms. The minimum atomic E-state index is -4.69. The van der Waals surface area contributed by atoms with E-state index in [9.17, 15) is 36.8 Å². The predicted molar refractivity (Wildman–Crippen MR) is 143 cm³/mol. The van der Waals surface area contributed by atoms with Crippen LogP contribution in [0, 0.1) is 16.7 Å². The highest BCUT2D eigenvalue weighted by Crippen LogP contribution is 2.42. The highest BCUT2D eigenvalue weighted by Gasteiger charge is 2.44. The van der Waals surface area contributed by atoms with Crippen LogP contribution >= 0.6 is 0 Å². The number of carbonyl (C=O) groups excluding carboxylic acids is 1. The van der Waals surface area contributed by atoms with Gasteiger partial charge in [-0.1, -0.05) is 12.1 Å². The summed E-state index contributed by atoms with van der Waals surface area (Å²) in [5, 5.41) is 29.0. The number of benzene rings is 2. The Morgan fingerprint density at radius 3 is 2.49 bits per heavy atom. The van der Waals surface area contributed by atoms with Crippen molar-refractivity contribution in [3.05, 3.63) is 76.0 Å². The Morgan fingerprint density at radius 2 is 1.95 bits per heavy atom. The number of nitrogens with zero attached hydrogens (tertiary/aromatic N) is 4. The molecule has 0 saturated carbocycles. The van der Waals surface area contributed by atoms with Gasteiger partial charge in [-0.15, -0.1) is 0 Å². The maximum atomic E-state index is 13.5. The van der Waals surface area contributed by atoms with Gasteiger partial charge in [0.15, 0.2) is 6.35 Å². The first-order valence-corrected chi connectivity index (χ1v) is 13.9. The van der Waals surface area contributed by atoms with Crippen LogP contribution < -0.4 is 10.6 Å². The summed E-state index contributed by atoms with van der Waals surface area (Å²) in [7, 11) is -1.09. The quantitative estimate of drug-likeness (QED) is 0.308. The molecule has 0 amide bonds. The molecule has 3 rings (SSSR count). The van der Waals surface area contributed by atoms with Crippen LogP contribution in [0.25, 0.3) is 0 Å². The topological polar surface area (TPSA) is 164 Å². The fraction of sp³-hybridized carbons (Fsp3) is 0.346. The van der Waals surface area contributed by atoms with Crippen LogP contribution in [0.15, 0.2) is 53.7 Å². The molecule has 4 N–H and O–H groups in total. The van der Waals surface area contributed by atoms with Crippen LogP contribution in [0.4, 0.5) is 18.9 Å². The van der Waals surface area contributed by atoms with Crippen LogP contribution in [-0.2, 0) is 32.2 Å². The first kappa shape index (κ1) is 31.6. The molecule has 11 nitrogen and oxygen atoms in total. The molecule has 0 fully saturated rings. The highest BCUT2D eigenvalue weighted by atomic mass is 32.2. The number of likely N-dealkylation sites (N-methyl/N-ethyl adjacent to an activating group) is 1. The second kappa shape index (κ2) is 11.9. The second-order valence-electron chi connectivity index (χ2n) is 9.28. The van der Waals surface area contributed by atoms with Crippen LogP contribution in [0.5, 0.6) is 0 Å². The number of aliphatic hydroxyl groups is 1. The largest absolute Gasteiger partial charge is 0.466 e. The van der Waals surface area contributed by atoms with Gasteiger partial charge in [0.1, 0.15) is 0 Å². The Hall–Kier alpha value is -3.97. The number of nitrogens with one attached hydrogen (secondary N) is 1. The van der Waals surface area contributed by atoms with Crippen molar-refractivity contribution < 1.29 is 36.2 Å². The van der Waals surface area contributed by atoms with Crippen molar-refractivity contribution in [1.29, 1.82) is 10.7 Å². The van der Waals surface area contributed by atoms with Gasteiger partial charge in [-0.25, -0.2) is 17.5 Å². The number of allylic oxidation sites excluding steroid dienone is 1. The number of hydrogen-bond donors (Lipinski definition) is 3. The molecule has 41 heavy (non-hydrogen) atoms. The van der Waals surface area contributed by atoms with Gasteiger partial charge in [-0.3, -0.25) is 20.9 Å². The van der Waals surface area contributed by atoms with Crippen molar-refractivity contribution in [2.75, 3.05) is 31.9 Å². The van der Waals surface area contributed by atoms with Gasteiger partial charge in [0.2, 0.25) is 16.0 Å². The zero-order chi connectivity index (χ0) is 30.9. The summed E-state index contributed by atoms with van der Waals surface area (Å²) in [6, 6.07) is 9.20. The van der Waals surface area contributed by atoms with Gasteiger partial charge < -0.3 is 9.84 Å². The van der Waals surface area contributed by atoms with E-state index < -0.39 is 46.1 Å². The lowest BCUT2D eigenvalue weighted by atomic mass is 9.88. The summed E-state index contributed by atoms with van der Waals surface area (Å²) < 4.78 is 70.5. The number of nitriles is 1. The number of sulfonamides is 1. The number of ether oxygens (including phenoxy) is 1. The zero-order valence-electron chi connectivity index (χ0n) is 22.6. The lowest BCUT2D eigenvalue weighted by molar-refractivity contribution is -0.138. The number of hydrogen-bond acceptors (Lipinski definition) is 8. The van der Waals surface area contributed by atoms with E-state index in [1.165, 1.54) is 38.2 Å². The first-order chi connectivity index (χ1) is 19.0. The Morgan fingerprint density at radius 1 is 1.29 bits per heavy atom. The third-order valence-electron chi connectivity index (χ3n) is 6.68. The third kappa shape index (κ3) is 6.51. The molecule has 2 aromatic carbocycles. The average Bonchev–Trinajstić information content (AvgIpc) is 2.89. The number of carbonyl (C=O) groups is 1. The number of nitrogens with two attached hydrogens (primary N) is 1. The molecule has 2 aromatic rings. The van der Waals surface area contributed by atoms with Gasteiger partial charge in [0, 0.05) is 25.0 Å². The fourth-order valence-corrected chi connectivity index (χ4v) is 4.97. The van der Waals surface area contributed by atoms with Crippen molar-refractivity contribution in [1.82, 2.24) is 9.21 Å². The molecule has 2 atom stereocenters. The molecule has 0 spiro atoms. The normalized spacial score (nSPS) is 17.1. The number of guanidine groups is 1. The molecule has 1 aliphatic rings. The minimum Gasteiger partial charge on any atom is -0.466 e. The molecule has 220 valence electrons. The minimum absolute atomic E-state index is 0.0112. The summed E-state index contributed by atoms with van der Waals surface area (Å²) in [6.07, 6.45) is -5.52. The smallest absolute Gasteiger partial charge is 0.416 e. The summed E-state index contributed by atoms with van der Waals surface area (Å²) in [5.41, 5.74) is 5.57. The molecule has 1 aliphatic heterocycles. The summed E-state index contributed by atoms with van der Waals surface area (Å²) in [4.78, 5) is 15.2. The van der Waals surface area contributed by atoms with Gasteiger partial charge >= 0.3 is 12.1 Å². The Bertz CT molecular complexity index is 1530. The molecule has 0 aliphatic carbocycles. The highest BCUT2D eigenvalue weighted by molar-refractivity contribution is 7.88. The number of alkyl halides is 3. The SMILES string of the molecule is COC(=O)C1=C(C)N(c2cccc(C(F)(F)F)c2)C(=N)N(C(N)O)[C@@H]1c1ccc(C#N)cc1CCN(C)S(C)(=O)=O. The average molecular weight is 595 g/mol. The maximum absolute atomic E-state index is 13.5. The number of aliphatic hydroxyl groups excluding tert-OH is 1. The monoisotopic (exact) mass is 594 g/mol. The summed E-state index contributed by atoms with van der Waals surface area (Å²) in [5.74, 6) is -1.45. The maximum Gasteiger partial charge on any atom is 0.416 e. The van der Waals surface area contributed by atoms with E-state index in [0.29, 0.717) is 11.1 Å². The molecule has 0 saturated heterocycles. The summed E-state index contributed by atoms with van der Waals surface area (Å²) >= 11 is 0. The Balaban J connectivity index is 2.30. The predicted octanol–water partition coefficient (Wildman–Crippen LogP) is 2.49.